The molecule has 0 unspecified atom stereocenters. The van der Waals surface area contributed by atoms with Crippen LogP contribution in [0.15, 0.2) is 72.8 Å². The van der Waals surface area contributed by atoms with Gasteiger partial charge in [-0.05, 0) is 43.0 Å². The number of aromatic nitrogens is 2. The van der Waals surface area contributed by atoms with Gasteiger partial charge in [0.2, 0.25) is 5.91 Å². The van der Waals surface area contributed by atoms with Crippen molar-refractivity contribution in [2.45, 2.75) is 32.9 Å². The molecule has 154 valence electrons. The number of carbonyl (C=O) groups excluding carboxylic acids is 1. The summed E-state index contributed by atoms with van der Waals surface area (Å²) in [5.41, 5.74) is 3.24. The third-order valence-corrected chi connectivity index (χ3v) is 5.70. The maximum atomic E-state index is 13.5. The smallest absolute Gasteiger partial charge is 0.226 e. The van der Waals surface area contributed by atoms with E-state index in [9.17, 15) is 4.79 Å². The highest BCUT2D eigenvalue weighted by Crippen LogP contribution is 2.25. The van der Waals surface area contributed by atoms with Crippen molar-refractivity contribution in [3.63, 3.8) is 0 Å². The highest BCUT2D eigenvalue weighted by Gasteiger charge is 2.29. The van der Waals surface area contributed by atoms with Gasteiger partial charge in [-0.3, -0.25) is 4.79 Å². The van der Waals surface area contributed by atoms with E-state index in [-0.39, 0.29) is 11.8 Å². The molecular formula is C25H28N4O. The minimum Gasteiger partial charge on any atom is -0.355 e. The van der Waals surface area contributed by atoms with E-state index in [1.165, 1.54) is 0 Å². The molecule has 1 saturated heterocycles. The molecule has 2 aromatic carbocycles. The molecule has 1 aromatic heterocycles. The summed E-state index contributed by atoms with van der Waals surface area (Å²) in [4.78, 5) is 17.7. The van der Waals surface area contributed by atoms with Crippen LogP contribution in [0.4, 0.5) is 5.82 Å². The summed E-state index contributed by atoms with van der Waals surface area (Å²) in [6.45, 7) is 4.88. The monoisotopic (exact) mass is 400 g/mol. The first-order chi connectivity index (χ1) is 14.7. The highest BCUT2D eigenvalue weighted by molar-refractivity contribution is 5.79. The van der Waals surface area contributed by atoms with Crippen molar-refractivity contribution in [3.8, 4) is 0 Å². The van der Waals surface area contributed by atoms with Crippen LogP contribution >= 0.6 is 0 Å². The Kier molecular flexibility index (Phi) is 6.38. The fourth-order valence-electron chi connectivity index (χ4n) is 3.99. The number of rotatable bonds is 6. The Hall–Kier alpha value is -3.21. The van der Waals surface area contributed by atoms with Gasteiger partial charge in [0.1, 0.15) is 0 Å². The van der Waals surface area contributed by atoms with E-state index in [0.717, 1.165) is 48.6 Å². The number of anilines is 1. The molecule has 0 N–H and O–H groups in total. The van der Waals surface area contributed by atoms with Gasteiger partial charge in [0.05, 0.1) is 5.69 Å². The second kappa shape index (κ2) is 9.53. The van der Waals surface area contributed by atoms with E-state index in [0.29, 0.717) is 13.1 Å². The van der Waals surface area contributed by atoms with Gasteiger partial charge in [0.25, 0.3) is 0 Å². The molecule has 0 saturated carbocycles. The number of hydrogen-bond donors (Lipinski definition) is 0. The Balaban J connectivity index is 1.44. The number of hydrogen-bond acceptors (Lipinski definition) is 4. The molecule has 0 aliphatic carbocycles. The van der Waals surface area contributed by atoms with Crippen LogP contribution in [0.3, 0.4) is 0 Å². The number of nitrogens with zero attached hydrogens (tertiary/aromatic N) is 4. The highest BCUT2D eigenvalue weighted by atomic mass is 16.2. The molecule has 0 atom stereocenters. The first kappa shape index (κ1) is 20.1. The van der Waals surface area contributed by atoms with Crippen molar-refractivity contribution in [3.05, 3.63) is 89.6 Å². The molecule has 0 bridgehead atoms. The Morgan fingerprint density at radius 2 is 1.43 bits per heavy atom. The lowest BCUT2D eigenvalue weighted by Crippen LogP contribution is -2.42. The van der Waals surface area contributed by atoms with E-state index in [2.05, 4.69) is 39.4 Å². The van der Waals surface area contributed by atoms with Crippen LogP contribution in [0.5, 0.6) is 0 Å². The third kappa shape index (κ3) is 5.03. The number of benzene rings is 2. The van der Waals surface area contributed by atoms with Crippen molar-refractivity contribution >= 4 is 11.7 Å². The number of amides is 1. The summed E-state index contributed by atoms with van der Waals surface area (Å²) in [5.74, 6) is 1.20. The zero-order valence-electron chi connectivity index (χ0n) is 17.4. The molecule has 1 aliphatic rings. The zero-order chi connectivity index (χ0) is 20.8. The average molecular weight is 401 g/mol. The molecule has 30 heavy (non-hydrogen) atoms. The molecule has 0 spiro atoms. The summed E-state index contributed by atoms with van der Waals surface area (Å²) >= 11 is 0. The van der Waals surface area contributed by atoms with Gasteiger partial charge in [-0.2, -0.15) is 5.10 Å². The zero-order valence-corrected chi connectivity index (χ0v) is 17.4. The Morgan fingerprint density at radius 1 is 0.867 bits per heavy atom. The predicted octanol–water partition coefficient (Wildman–Crippen LogP) is 4.23. The summed E-state index contributed by atoms with van der Waals surface area (Å²) in [6, 6.07) is 24.5. The number of carbonyl (C=O) groups is 1. The Morgan fingerprint density at radius 3 is 1.93 bits per heavy atom. The number of aryl methyl sites for hydroxylation is 1. The molecule has 3 aromatic rings. The minimum absolute atomic E-state index is 0.0482. The summed E-state index contributed by atoms with van der Waals surface area (Å²) in [7, 11) is 0. The first-order valence-corrected chi connectivity index (χ1v) is 10.6. The lowest BCUT2D eigenvalue weighted by Gasteiger charge is -2.34. The van der Waals surface area contributed by atoms with Crippen LogP contribution in [0, 0.1) is 12.8 Å². The standard InChI is InChI=1S/C25H28N4O/c1-20-12-13-24(27-26-20)28-16-14-23(15-17-28)25(30)29(18-21-8-4-2-5-9-21)19-22-10-6-3-7-11-22/h2-13,23H,14-19H2,1H3. The molecule has 5 nitrogen and oxygen atoms in total. The van der Waals surface area contributed by atoms with E-state index in [1.807, 2.05) is 60.4 Å². The van der Waals surface area contributed by atoms with Crippen molar-refractivity contribution in [1.29, 1.82) is 0 Å². The summed E-state index contributed by atoms with van der Waals surface area (Å²) in [5, 5.41) is 8.46. The van der Waals surface area contributed by atoms with E-state index in [1.54, 1.807) is 0 Å². The van der Waals surface area contributed by atoms with Crippen LogP contribution in [0.1, 0.15) is 29.7 Å². The maximum absolute atomic E-state index is 13.5. The normalized spacial score (nSPS) is 14.5. The van der Waals surface area contributed by atoms with Gasteiger partial charge < -0.3 is 9.80 Å². The molecule has 0 radical (unpaired) electrons. The fourth-order valence-corrected chi connectivity index (χ4v) is 3.99. The minimum atomic E-state index is 0.0482. The van der Waals surface area contributed by atoms with Crippen molar-refractivity contribution in [2.24, 2.45) is 5.92 Å². The topological polar surface area (TPSA) is 49.3 Å². The quantitative estimate of drug-likeness (QED) is 0.621. The predicted molar refractivity (Wildman–Crippen MR) is 119 cm³/mol. The second-order valence-electron chi connectivity index (χ2n) is 7.96. The van der Waals surface area contributed by atoms with Crippen LogP contribution in [0.25, 0.3) is 0 Å². The van der Waals surface area contributed by atoms with E-state index in [4.69, 9.17) is 0 Å². The maximum Gasteiger partial charge on any atom is 0.226 e. The van der Waals surface area contributed by atoms with E-state index < -0.39 is 0 Å². The molecular weight excluding hydrogens is 372 g/mol. The average Bonchev–Trinajstić information content (AvgIpc) is 2.80. The Bertz CT molecular complexity index is 894. The molecule has 1 fully saturated rings. The summed E-state index contributed by atoms with van der Waals surface area (Å²) < 4.78 is 0. The van der Waals surface area contributed by atoms with Gasteiger partial charge in [-0.15, -0.1) is 5.10 Å². The van der Waals surface area contributed by atoms with Gasteiger partial charge in [-0.25, -0.2) is 0 Å². The van der Waals surface area contributed by atoms with Crippen molar-refractivity contribution < 1.29 is 4.79 Å². The van der Waals surface area contributed by atoms with Gasteiger partial charge in [0.15, 0.2) is 5.82 Å². The van der Waals surface area contributed by atoms with E-state index >= 15 is 0 Å². The third-order valence-electron chi connectivity index (χ3n) is 5.70. The van der Waals surface area contributed by atoms with Crippen molar-refractivity contribution in [2.75, 3.05) is 18.0 Å². The van der Waals surface area contributed by atoms with Gasteiger partial charge in [-0.1, -0.05) is 60.7 Å². The Labute approximate surface area is 178 Å². The SMILES string of the molecule is Cc1ccc(N2CCC(C(=O)N(Cc3ccccc3)Cc3ccccc3)CC2)nn1. The van der Waals surface area contributed by atoms with Crippen LogP contribution in [0.2, 0.25) is 0 Å². The van der Waals surface area contributed by atoms with Crippen molar-refractivity contribution in [1.82, 2.24) is 15.1 Å². The molecule has 1 aliphatic heterocycles. The molecule has 5 heteroatoms. The van der Waals surface area contributed by atoms with Gasteiger partial charge in [0, 0.05) is 32.1 Å². The fraction of sp³-hybridized carbons (Fsp3) is 0.320. The lowest BCUT2D eigenvalue weighted by atomic mass is 9.94. The first-order valence-electron chi connectivity index (χ1n) is 10.6. The molecule has 4 rings (SSSR count). The second-order valence-corrected chi connectivity index (χ2v) is 7.96. The molecule has 1 amide bonds. The summed E-state index contributed by atoms with van der Waals surface area (Å²) in [6.07, 6.45) is 1.68. The van der Waals surface area contributed by atoms with Crippen LogP contribution in [-0.2, 0) is 17.9 Å². The molecule has 2 heterocycles. The van der Waals surface area contributed by atoms with Gasteiger partial charge >= 0.3 is 0 Å². The largest absolute Gasteiger partial charge is 0.355 e. The van der Waals surface area contributed by atoms with Crippen LogP contribution < -0.4 is 4.90 Å². The van der Waals surface area contributed by atoms with Crippen LogP contribution in [-0.4, -0.2) is 34.1 Å². The lowest BCUT2D eigenvalue weighted by molar-refractivity contribution is -0.137. The number of piperidine rings is 1.